The number of fused-ring (bicyclic) bond motifs is 1. The van der Waals surface area contributed by atoms with Crippen LogP contribution in [0.25, 0.3) is 95.0 Å². The summed E-state index contributed by atoms with van der Waals surface area (Å²) in [4.78, 5) is 10.6. The molecule has 4 heteroatoms. The Balaban J connectivity index is 1.32. The Bertz CT molecular complexity index is 3590. The summed E-state index contributed by atoms with van der Waals surface area (Å²) in [6.07, 6.45) is 1.87. The first-order valence-electron chi connectivity index (χ1n) is 25.5. The number of imidazole rings is 1. The van der Waals surface area contributed by atoms with Crippen molar-refractivity contribution in [1.82, 2.24) is 14.5 Å². The Morgan fingerprint density at radius 3 is 1.77 bits per heavy atom. The largest absolute Gasteiger partial charge is 0.507 e. The maximum Gasteiger partial charge on any atom is 0.149 e. The molecule has 4 nitrogen and oxygen atoms in total. The fourth-order valence-corrected chi connectivity index (χ4v) is 9.52. The summed E-state index contributed by atoms with van der Waals surface area (Å²) in [5, 5.41) is 12.6. The molecular formula is C65H59N3O. The van der Waals surface area contributed by atoms with Crippen LogP contribution < -0.4 is 0 Å². The molecular weight excluding hydrogens is 839 g/mol. The summed E-state index contributed by atoms with van der Waals surface area (Å²) in [6.45, 7) is 12.7. The number of benzene rings is 8. The van der Waals surface area contributed by atoms with E-state index in [-0.39, 0.29) is 28.6 Å². The van der Waals surface area contributed by atoms with Crippen molar-refractivity contribution in [2.24, 2.45) is 0 Å². The first-order valence-corrected chi connectivity index (χ1v) is 24.0. The first kappa shape index (κ1) is 41.4. The Labute approximate surface area is 411 Å². The molecule has 10 rings (SSSR count). The van der Waals surface area contributed by atoms with E-state index in [4.69, 9.17) is 14.1 Å². The monoisotopic (exact) mass is 900 g/mol. The maximum absolute atomic E-state index is 12.6. The van der Waals surface area contributed by atoms with Gasteiger partial charge in [0, 0.05) is 27.0 Å². The summed E-state index contributed by atoms with van der Waals surface area (Å²) in [5.41, 5.74) is 17.0. The number of hydrogen-bond donors (Lipinski definition) is 1. The third kappa shape index (κ3) is 8.80. The maximum atomic E-state index is 12.6. The number of pyridine rings is 1. The SMILES string of the molecule is [2H]C([2H])([2H])c1cc(-c2ccc(C(C)(C)C)cc2)c(-n2c(-c3cc(C(C)C)cc(C(C)C)c3O)nc3c(-c4cc(-c5ccccc5)cc(-c5cc(-c6ccccc6)ccn5)c4)cccc32)cc1-c1ccccc1. The molecule has 0 amide bonds. The number of nitrogens with zero attached hydrogens (tertiary/aromatic N) is 3. The van der Waals surface area contributed by atoms with Gasteiger partial charge in [-0.15, -0.1) is 0 Å². The summed E-state index contributed by atoms with van der Waals surface area (Å²) in [5.74, 6) is 0.889. The number of aromatic hydroxyl groups is 1. The van der Waals surface area contributed by atoms with Gasteiger partial charge in [-0.1, -0.05) is 182 Å². The fourth-order valence-electron chi connectivity index (χ4n) is 9.52. The lowest BCUT2D eigenvalue weighted by Crippen LogP contribution is -2.10. The number of para-hydroxylation sites is 1. The predicted octanol–water partition coefficient (Wildman–Crippen LogP) is 17.6. The number of phenols is 1. The molecule has 10 aromatic rings. The van der Waals surface area contributed by atoms with E-state index < -0.39 is 6.85 Å². The number of aryl methyl sites for hydroxylation is 1. The van der Waals surface area contributed by atoms with Crippen LogP contribution in [0.3, 0.4) is 0 Å². The lowest BCUT2D eigenvalue weighted by molar-refractivity contribution is 0.466. The molecule has 0 spiro atoms. The standard InChI is InChI=1S/C65H59N3O/c1-41(2)49-37-55(42(3)4)63(69)58(38-49)64-67-62-54(51-34-50(45-21-14-10-15-22-45)35-52(36-51)59-39-48(31-32-66-59)44-19-12-9-13-20-44)25-18-26-60(62)68(64)61-40-56(46-23-16-11-17-24-46)43(5)33-57(61)47-27-29-53(30-28-47)65(6,7)8/h9-42,69H,1-8H3/i5D3. The summed E-state index contributed by atoms with van der Waals surface area (Å²) in [6, 6.07) is 64.2. The molecule has 0 fully saturated rings. The molecule has 0 atom stereocenters. The van der Waals surface area contributed by atoms with Crippen molar-refractivity contribution in [2.75, 3.05) is 0 Å². The highest BCUT2D eigenvalue weighted by molar-refractivity contribution is 5.99. The van der Waals surface area contributed by atoms with Crippen LogP contribution in [0.5, 0.6) is 5.75 Å². The summed E-state index contributed by atoms with van der Waals surface area (Å²) in [7, 11) is 0. The fraction of sp³-hybridized carbons (Fsp3) is 0.169. The highest BCUT2D eigenvalue weighted by Gasteiger charge is 2.26. The molecule has 0 aliphatic heterocycles. The lowest BCUT2D eigenvalue weighted by atomic mass is 9.85. The Kier molecular flexibility index (Phi) is 11.0. The van der Waals surface area contributed by atoms with Gasteiger partial charge < -0.3 is 5.11 Å². The zero-order chi connectivity index (χ0) is 50.5. The summed E-state index contributed by atoms with van der Waals surface area (Å²) >= 11 is 0. The van der Waals surface area contributed by atoms with Gasteiger partial charge in [0.2, 0.25) is 0 Å². The van der Waals surface area contributed by atoms with E-state index in [9.17, 15) is 5.11 Å². The van der Waals surface area contributed by atoms with E-state index in [1.54, 1.807) is 0 Å². The third-order valence-electron chi connectivity index (χ3n) is 13.4. The number of aromatic nitrogens is 3. The number of hydrogen-bond acceptors (Lipinski definition) is 3. The Morgan fingerprint density at radius 2 is 1.13 bits per heavy atom. The van der Waals surface area contributed by atoms with Crippen LogP contribution in [0.15, 0.2) is 194 Å². The quantitative estimate of drug-likeness (QED) is 0.149. The van der Waals surface area contributed by atoms with Crippen molar-refractivity contribution in [3.63, 3.8) is 0 Å². The molecule has 0 bridgehead atoms. The first-order chi connectivity index (χ1) is 34.5. The van der Waals surface area contributed by atoms with Crippen LogP contribution in [-0.4, -0.2) is 19.6 Å². The number of rotatable bonds is 10. The van der Waals surface area contributed by atoms with Crippen molar-refractivity contribution in [3.05, 3.63) is 217 Å². The van der Waals surface area contributed by atoms with Gasteiger partial charge in [-0.3, -0.25) is 9.55 Å². The molecule has 8 aromatic carbocycles. The smallest absolute Gasteiger partial charge is 0.149 e. The van der Waals surface area contributed by atoms with E-state index in [1.165, 1.54) is 5.56 Å². The Hall–Kier alpha value is -7.82. The highest BCUT2D eigenvalue weighted by atomic mass is 16.3. The summed E-state index contributed by atoms with van der Waals surface area (Å²) < 4.78 is 29.0. The minimum atomic E-state index is -2.44. The third-order valence-corrected chi connectivity index (χ3v) is 13.4. The normalized spacial score (nSPS) is 12.6. The van der Waals surface area contributed by atoms with Crippen LogP contribution in [0, 0.1) is 6.85 Å². The zero-order valence-corrected chi connectivity index (χ0v) is 40.4. The van der Waals surface area contributed by atoms with Crippen LogP contribution in [0.1, 0.15) is 86.7 Å². The molecule has 2 heterocycles. The minimum Gasteiger partial charge on any atom is -0.507 e. The van der Waals surface area contributed by atoms with Crippen LogP contribution >= 0.6 is 0 Å². The van der Waals surface area contributed by atoms with E-state index in [0.29, 0.717) is 17.0 Å². The molecule has 340 valence electrons. The highest BCUT2D eigenvalue weighted by Crippen LogP contribution is 2.46. The van der Waals surface area contributed by atoms with Crippen molar-refractivity contribution in [3.8, 4) is 89.7 Å². The molecule has 0 radical (unpaired) electrons. The van der Waals surface area contributed by atoms with Gasteiger partial charge in [-0.2, -0.15) is 0 Å². The van der Waals surface area contributed by atoms with E-state index in [1.807, 2.05) is 66.9 Å². The zero-order valence-electron chi connectivity index (χ0n) is 43.4. The average Bonchev–Trinajstić information content (AvgIpc) is 3.78. The minimum absolute atomic E-state index is 0.0177. The molecule has 0 unspecified atom stereocenters. The second kappa shape index (κ2) is 18.3. The average molecular weight is 901 g/mol. The second-order valence-electron chi connectivity index (χ2n) is 19.8. The molecule has 2 aromatic heterocycles. The predicted molar refractivity (Wildman–Crippen MR) is 290 cm³/mol. The van der Waals surface area contributed by atoms with Crippen LogP contribution in [-0.2, 0) is 5.41 Å². The van der Waals surface area contributed by atoms with Gasteiger partial charge in [0.25, 0.3) is 0 Å². The van der Waals surface area contributed by atoms with Crippen LogP contribution in [0.2, 0.25) is 0 Å². The molecule has 0 aliphatic rings. The Morgan fingerprint density at radius 1 is 0.507 bits per heavy atom. The molecule has 0 saturated heterocycles. The molecule has 1 N–H and O–H groups in total. The second-order valence-corrected chi connectivity index (χ2v) is 19.8. The van der Waals surface area contributed by atoms with Gasteiger partial charge in [-0.25, -0.2) is 4.98 Å². The van der Waals surface area contributed by atoms with Crippen LogP contribution in [0.4, 0.5) is 0 Å². The van der Waals surface area contributed by atoms with E-state index in [0.717, 1.165) is 89.2 Å². The van der Waals surface area contributed by atoms with Gasteiger partial charge in [0.15, 0.2) is 0 Å². The van der Waals surface area contributed by atoms with E-state index >= 15 is 0 Å². The van der Waals surface area contributed by atoms with Gasteiger partial charge in [0.1, 0.15) is 11.6 Å². The molecule has 0 saturated carbocycles. The van der Waals surface area contributed by atoms with Crippen molar-refractivity contribution in [2.45, 2.75) is 72.6 Å². The number of phenolic OH excluding ortho intramolecular Hbond substituents is 1. The topological polar surface area (TPSA) is 50.9 Å². The van der Waals surface area contributed by atoms with Gasteiger partial charge >= 0.3 is 0 Å². The lowest BCUT2D eigenvalue weighted by Gasteiger charge is -2.22. The molecule has 69 heavy (non-hydrogen) atoms. The van der Waals surface area contributed by atoms with Gasteiger partial charge in [-0.05, 0) is 145 Å². The van der Waals surface area contributed by atoms with Crippen molar-refractivity contribution >= 4 is 11.0 Å². The van der Waals surface area contributed by atoms with E-state index in [2.05, 4.69) is 180 Å². The van der Waals surface area contributed by atoms with Crippen molar-refractivity contribution < 1.29 is 9.22 Å². The van der Waals surface area contributed by atoms with Gasteiger partial charge in [0.05, 0.1) is 28.0 Å². The molecule has 0 aliphatic carbocycles. The van der Waals surface area contributed by atoms with Crippen molar-refractivity contribution in [1.29, 1.82) is 0 Å².